The standard InChI is InChI=1S/C18H26N2O3/c1-22-17-10-14(13-4-7-19-8-5-13)2-3-15(17)11-18(21)20-16-6-9-23-12-16/h2-3,10,13,16,19H,4-9,11-12H2,1H3,(H,20,21). The fraction of sp³-hybridized carbons (Fsp3) is 0.611. The molecule has 2 saturated heterocycles. The van der Waals surface area contributed by atoms with Gasteiger partial charge in [-0.15, -0.1) is 0 Å². The van der Waals surface area contributed by atoms with Crippen LogP contribution in [0.25, 0.3) is 0 Å². The zero-order valence-corrected chi connectivity index (χ0v) is 13.8. The van der Waals surface area contributed by atoms with Gasteiger partial charge in [-0.2, -0.15) is 0 Å². The Hall–Kier alpha value is -1.59. The number of carbonyl (C=O) groups is 1. The van der Waals surface area contributed by atoms with E-state index in [-0.39, 0.29) is 11.9 Å². The number of methoxy groups -OCH3 is 1. The Balaban J connectivity index is 1.65. The lowest BCUT2D eigenvalue weighted by atomic mass is 9.89. The minimum Gasteiger partial charge on any atom is -0.496 e. The molecule has 5 nitrogen and oxygen atoms in total. The van der Waals surface area contributed by atoms with Crippen molar-refractivity contribution in [2.45, 2.75) is 37.6 Å². The van der Waals surface area contributed by atoms with Gasteiger partial charge in [0.05, 0.1) is 26.2 Å². The van der Waals surface area contributed by atoms with Crippen LogP contribution >= 0.6 is 0 Å². The highest BCUT2D eigenvalue weighted by Crippen LogP contribution is 2.30. The molecule has 2 N–H and O–H groups in total. The molecule has 2 aliphatic heterocycles. The van der Waals surface area contributed by atoms with Gasteiger partial charge in [0.1, 0.15) is 5.75 Å². The Kier molecular flexibility index (Phi) is 5.51. The normalized spacial score (nSPS) is 22.0. The summed E-state index contributed by atoms with van der Waals surface area (Å²) in [5.41, 5.74) is 2.26. The number of piperidine rings is 1. The number of nitrogens with one attached hydrogen (secondary N) is 2. The second kappa shape index (κ2) is 7.79. The van der Waals surface area contributed by atoms with Crippen LogP contribution < -0.4 is 15.4 Å². The van der Waals surface area contributed by atoms with Gasteiger partial charge in [-0.05, 0) is 49.9 Å². The van der Waals surface area contributed by atoms with E-state index in [0.29, 0.717) is 18.9 Å². The minimum absolute atomic E-state index is 0.0356. The third-order valence-corrected chi connectivity index (χ3v) is 4.77. The van der Waals surface area contributed by atoms with E-state index >= 15 is 0 Å². The SMILES string of the molecule is COc1cc(C2CCNCC2)ccc1CC(=O)NC1CCOC1. The van der Waals surface area contributed by atoms with Crippen LogP contribution in [0.4, 0.5) is 0 Å². The molecule has 126 valence electrons. The molecule has 0 saturated carbocycles. The van der Waals surface area contributed by atoms with E-state index in [1.807, 2.05) is 6.07 Å². The quantitative estimate of drug-likeness (QED) is 0.866. The summed E-state index contributed by atoms with van der Waals surface area (Å²) in [6, 6.07) is 6.46. The molecule has 0 aliphatic carbocycles. The molecule has 2 fully saturated rings. The van der Waals surface area contributed by atoms with Gasteiger partial charge in [-0.3, -0.25) is 4.79 Å². The Morgan fingerprint density at radius 2 is 2.17 bits per heavy atom. The molecule has 0 radical (unpaired) electrons. The van der Waals surface area contributed by atoms with Crippen molar-refractivity contribution in [1.29, 1.82) is 0 Å². The number of rotatable bonds is 5. The fourth-order valence-corrected chi connectivity index (χ4v) is 3.42. The third kappa shape index (κ3) is 4.24. The minimum atomic E-state index is 0.0356. The lowest BCUT2D eigenvalue weighted by Crippen LogP contribution is -2.36. The molecule has 3 rings (SSSR count). The van der Waals surface area contributed by atoms with Crippen LogP contribution in [-0.4, -0.2) is 45.4 Å². The van der Waals surface area contributed by atoms with Crippen molar-refractivity contribution >= 4 is 5.91 Å². The average molecular weight is 318 g/mol. The molecule has 2 heterocycles. The maximum Gasteiger partial charge on any atom is 0.224 e. The van der Waals surface area contributed by atoms with Crippen LogP contribution in [0.2, 0.25) is 0 Å². The monoisotopic (exact) mass is 318 g/mol. The molecule has 0 spiro atoms. The number of hydrogen-bond acceptors (Lipinski definition) is 4. The Labute approximate surface area is 137 Å². The first-order chi connectivity index (χ1) is 11.3. The molecule has 2 aliphatic rings. The van der Waals surface area contributed by atoms with Gasteiger partial charge < -0.3 is 20.1 Å². The van der Waals surface area contributed by atoms with Gasteiger partial charge in [0.2, 0.25) is 5.91 Å². The summed E-state index contributed by atoms with van der Waals surface area (Å²) in [4.78, 5) is 12.2. The first-order valence-electron chi connectivity index (χ1n) is 8.51. The molecule has 1 amide bonds. The summed E-state index contributed by atoms with van der Waals surface area (Å²) >= 11 is 0. The van der Waals surface area contributed by atoms with Crippen LogP contribution in [-0.2, 0) is 16.0 Å². The Morgan fingerprint density at radius 1 is 1.35 bits per heavy atom. The van der Waals surface area contributed by atoms with Crippen molar-refractivity contribution in [2.75, 3.05) is 33.4 Å². The van der Waals surface area contributed by atoms with Gasteiger partial charge in [-0.1, -0.05) is 12.1 Å². The van der Waals surface area contributed by atoms with Crippen LogP contribution in [0.15, 0.2) is 18.2 Å². The van der Waals surface area contributed by atoms with Crippen LogP contribution in [0.1, 0.15) is 36.3 Å². The number of carbonyl (C=O) groups excluding carboxylic acids is 1. The lowest BCUT2D eigenvalue weighted by molar-refractivity contribution is -0.121. The van der Waals surface area contributed by atoms with Crippen molar-refractivity contribution in [2.24, 2.45) is 0 Å². The number of hydrogen-bond donors (Lipinski definition) is 2. The molecule has 23 heavy (non-hydrogen) atoms. The van der Waals surface area contributed by atoms with Crippen LogP contribution in [0.5, 0.6) is 5.75 Å². The largest absolute Gasteiger partial charge is 0.496 e. The second-order valence-electron chi connectivity index (χ2n) is 6.40. The number of ether oxygens (including phenoxy) is 2. The van der Waals surface area contributed by atoms with Gasteiger partial charge >= 0.3 is 0 Å². The first kappa shape index (κ1) is 16.3. The van der Waals surface area contributed by atoms with Crippen LogP contribution in [0.3, 0.4) is 0 Å². The summed E-state index contributed by atoms with van der Waals surface area (Å²) in [5.74, 6) is 1.44. The fourth-order valence-electron chi connectivity index (χ4n) is 3.42. The zero-order chi connectivity index (χ0) is 16.1. The average Bonchev–Trinajstić information content (AvgIpc) is 3.09. The Morgan fingerprint density at radius 3 is 2.87 bits per heavy atom. The molecule has 0 aromatic heterocycles. The molecular weight excluding hydrogens is 292 g/mol. The molecule has 1 aromatic rings. The molecular formula is C18H26N2O3. The van der Waals surface area contributed by atoms with Crippen molar-refractivity contribution in [1.82, 2.24) is 10.6 Å². The Bertz CT molecular complexity index is 535. The van der Waals surface area contributed by atoms with Crippen molar-refractivity contribution < 1.29 is 14.3 Å². The summed E-state index contributed by atoms with van der Waals surface area (Å²) in [7, 11) is 1.67. The smallest absolute Gasteiger partial charge is 0.224 e. The van der Waals surface area contributed by atoms with E-state index < -0.39 is 0 Å². The van der Waals surface area contributed by atoms with E-state index in [9.17, 15) is 4.79 Å². The summed E-state index contributed by atoms with van der Waals surface area (Å²) in [6.07, 6.45) is 3.57. The van der Waals surface area contributed by atoms with E-state index in [1.54, 1.807) is 7.11 Å². The van der Waals surface area contributed by atoms with Gasteiger partial charge in [0.15, 0.2) is 0 Å². The van der Waals surface area contributed by atoms with Gasteiger partial charge in [-0.25, -0.2) is 0 Å². The highest BCUT2D eigenvalue weighted by molar-refractivity contribution is 5.79. The number of benzene rings is 1. The topological polar surface area (TPSA) is 59.6 Å². The summed E-state index contributed by atoms with van der Waals surface area (Å²) in [6.45, 7) is 3.50. The lowest BCUT2D eigenvalue weighted by Gasteiger charge is -2.24. The number of amides is 1. The maximum atomic E-state index is 12.2. The van der Waals surface area contributed by atoms with E-state index in [4.69, 9.17) is 9.47 Å². The molecule has 5 heteroatoms. The maximum absolute atomic E-state index is 12.2. The predicted octanol–water partition coefficient (Wildman–Crippen LogP) is 1.61. The van der Waals surface area contributed by atoms with E-state index in [2.05, 4.69) is 22.8 Å². The van der Waals surface area contributed by atoms with Crippen molar-refractivity contribution in [3.05, 3.63) is 29.3 Å². The first-order valence-corrected chi connectivity index (χ1v) is 8.51. The van der Waals surface area contributed by atoms with Crippen molar-refractivity contribution in [3.63, 3.8) is 0 Å². The predicted molar refractivity (Wildman–Crippen MR) is 88.9 cm³/mol. The second-order valence-corrected chi connectivity index (χ2v) is 6.40. The highest BCUT2D eigenvalue weighted by Gasteiger charge is 2.20. The summed E-state index contributed by atoms with van der Waals surface area (Å²) < 4.78 is 10.8. The third-order valence-electron chi connectivity index (χ3n) is 4.77. The molecule has 1 aromatic carbocycles. The molecule has 1 atom stereocenters. The summed E-state index contributed by atoms with van der Waals surface area (Å²) in [5, 5.41) is 6.42. The highest BCUT2D eigenvalue weighted by atomic mass is 16.5. The van der Waals surface area contributed by atoms with E-state index in [0.717, 1.165) is 50.3 Å². The molecule has 1 unspecified atom stereocenters. The molecule has 0 bridgehead atoms. The zero-order valence-electron chi connectivity index (χ0n) is 13.8. The van der Waals surface area contributed by atoms with Gasteiger partial charge in [0, 0.05) is 12.2 Å². The van der Waals surface area contributed by atoms with E-state index in [1.165, 1.54) is 5.56 Å². The van der Waals surface area contributed by atoms with Gasteiger partial charge in [0.25, 0.3) is 0 Å². The van der Waals surface area contributed by atoms with Crippen molar-refractivity contribution in [3.8, 4) is 5.75 Å². The van der Waals surface area contributed by atoms with Crippen LogP contribution in [0, 0.1) is 0 Å².